The van der Waals surface area contributed by atoms with Crippen LogP contribution in [-0.2, 0) is 4.74 Å². The Kier molecular flexibility index (Phi) is 3.71. The number of hydrogen-bond acceptors (Lipinski definition) is 2. The molecule has 1 aromatic carbocycles. The molecule has 0 radical (unpaired) electrons. The normalized spacial score (nSPS) is 10.2. The Morgan fingerprint density at radius 2 is 2.14 bits per heavy atom. The Labute approximate surface area is 80.5 Å². The molecule has 76 valence electrons. The molecule has 4 heteroatoms. The third-order valence-electron chi connectivity index (χ3n) is 1.67. The second-order valence-corrected chi connectivity index (χ2v) is 2.68. The van der Waals surface area contributed by atoms with Gasteiger partial charge in [-0.25, -0.2) is 8.78 Å². The fourth-order valence-corrected chi connectivity index (χ4v) is 0.984. The van der Waals surface area contributed by atoms with Gasteiger partial charge < -0.3 is 4.74 Å². The smallest absolute Gasteiger partial charge is 0.191 e. The molecule has 0 heterocycles. The van der Waals surface area contributed by atoms with Crippen LogP contribution in [0.2, 0.25) is 0 Å². The highest BCUT2D eigenvalue weighted by Crippen LogP contribution is 2.10. The minimum absolute atomic E-state index is 0.225. The van der Waals surface area contributed by atoms with Gasteiger partial charge in [0.2, 0.25) is 0 Å². The van der Waals surface area contributed by atoms with Gasteiger partial charge in [-0.1, -0.05) is 0 Å². The molecule has 14 heavy (non-hydrogen) atoms. The average molecular weight is 200 g/mol. The van der Waals surface area contributed by atoms with Crippen LogP contribution in [-0.4, -0.2) is 19.0 Å². The van der Waals surface area contributed by atoms with E-state index in [0.717, 1.165) is 18.2 Å². The molecule has 0 aliphatic rings. The van der Waals surface area contributed by atoms with E-state index < -0.39 is 17.4 Å². The summed E-state index contributed by atoms with van der Waals surface area (Å²) in [5, 5.41) is 0. The van der Waals surface area contributed by atoms with Crippen LogP contribution < -0.4 is 0 Å². The molecule has 0 aromatic heterocycles. The zero-order valence-electron chi connectivity index (χ0n) is 7.72. The number of halogens is 2. The first-order chi connectivity index (χ1) is 6.65. The predicted molar refractivity (Wildman–Crippen MR) is 47.2 cm³/mol. The molecule has 2 nitrogen and oxygen atoms in total. The molecule has 0 aliphatic heterocycles. The molecule has 0 bridgehead atoms. The highest BCUT2D eigenvalue weighted by Gasteiger charge is 2.12. The molecule has 0 saturated carbocycles. The largest absolute Gasteiger partial charge is 0.374 e. The second kappa shape index (κ2) is 4.81. The van der Waals surface area contributed by atoms with Gasteiger partial charge in [0.1, 0.15) is 18.2 Å². The van der Waals surface area contributed by atoms with Crippen molar-refractivity contribution in [3.8, 4) is 0 Å². The third-order valence-corrected chi connectivity index (χ3v) is 1.67. The van der Waals surface area contributed by atoms with E-state index >= 15 is 0 Å². The molecule has 0 amide bonds. The summed E-state index contributed by atoms with van der Waals surface area (Å²) >= 11 is 0. The number of hydrogen-bond donors (Lipinski definition) is 0. The Bertz CT molecular complexity index is 337. The zero-order chi connectivity index (χ0) is 10.6. The van der Waals surface area contributed by atoms with Gasteiger partial charge in [-0.2, -0.15) is 0 Å². The zero-order valence-corrected chi connectivity index (χ0v) is 7.72. The van der Waals surface area contributed by atoms with Gasteiger partial charge in [-0.3, -0.25) is 4.79 Å². The van der Waals surface area contributed by atoms with E-state index in [9.17, 15) is 13.6 Å². The lowest BCUT2D eigenvalue weighted by molar-refractivity contribution is 0.0779. The van der Waals surface area contributed by atoms with Crippen molar-refractivity contribution < 1.29 is 18.3 Å². The average Bonchev–Trinajstić information content (AvgIpc) is 2.18. The quantitative estimate of drug-likeness (QED) is 0.696. The summed E-state index contributed by atoms with van der Waals surface area (Å²) in [4.78, 5) is 11.2. The van der Waals surface area contributed by atoms with Crippen LogP contribution in [0.1, 0.15) is 17.3 Å². The van der Waals surface area contributed by atoms with Crippen molar-refractivity contribution in [3.63, 3.8) is 0 Å². The van der Waals surface area contributed by atoms with Gasteiger partial charge in [0.05, 0.1) is 5.56 Å². The van der Waals surface area contributed by atoms with Crippen molar-refractivity contribution in [1.82, 2.24) is 0 Å². The van der Waals surface area contributed by atoms with Crippen molar-refractivity contribution in [2.45, 2.75) is 6.92 Å². The van der Waals surface area contributed by atoms with Crippen LogP contribution in [0, 0.1) is 11.6 Å². The molecule has 0 atom stereocenters. The fraction of sp³-hybridized carbons (Fsp3) is 0.300. The maximum Gasteiger partial charge on any atom is 0.191 e. The Hall–Kier alpha value is -1.29. The number of benzene rings is 1. The maximum absolute atomic E-state index is 13.0. The van der Waals surface area contributed by atoms with E-state index in [0.29, 0.717) is 6.61 Å². The Morgan fingerprint density at radius 3 is 2.79 bits per heavy atom. The van der Waals surface area contributed by atoms with Gasteiger partial charge in [-0.15, -0.1) is 0 Å². The van der Waals surface area contributed by atoms with Crippen molar-refractivity contribution in [1.29, 1.82) is 0 Å². The highest BCUT2D eigenvalue weighted by molar-refractivity contribution is 5.97. The summed E-state index contributed by atoms with van der Waals surface area (Å²) in [6.07, 6.45) is 0. The SMILES string of the molecule is CCOCC(=O)c1cc(F)ccc1F. The molecule has 1 rings (SSSR count). The number of ether oxygens (including phenoxy) is 1. The van der Waals surface area contributed by atoms with Gasteiger partial charge in [0, 0.05) is 6.61 Å². The van der Waals surface area contributed by atoms with E-state index in [-0.39, 0.29) is 12.2 Å². The Morgan fingerprint density at radius 1 is 1.43 bits per heavy atom. The van der Waals surface area contributed by atoms with E-state index in [1.807, 2.05) is 0 Å². The topological polar surface area (TPSA) is 26.3 Å². The van der Waals surface area contributed by atoms with E-state index in [2.05, 4.69) is 0 Å². The molecule has 0 saturated heterocycles. The summed E-state index contributed by atoms with van der Waals surface area (Å²) in [5.74, 6) is -1.91. The van der Waals surface area contributed by atoms with Crippen molar-refractivity contribution in [2.75, 3.05) is 13.2 Å². The van der Waals surface area contributed by atoms with Crippen LogP contribution in [0.25, 0.3) is 0 Å². The van der Waals surface area contributed by atoms with Crippen molar-refractivity contribution >= 4 is 5.78 Å². The first kappa shape index (κ1) is 10.8. The molecule has 0 aliphatic carbocycles. The first-order valence-electron chi connectivity index (χ1n) is 4.21. The summed E-state index contributed by atoms with van der Waals surface area (Å²) in [6, 6.07) is 2.76. The van der Waals surface area contributed by atoms with E-state index in [4.69, 9.17) is 4.74 Å². The van der Waals surface area contributed by atoms with Gasteiger partial charge in [0.25, 0.3) is 0 Å². The van der Waals surface area contributed by atoms with Crippen molar-refractivity contribution in [2.24, 2.45) is 0 Å². The van der Waals surface area contributed by atoms with Crippen LogP contribution in [0.3, 0.4) is 0 Å². The summed E-state index contributed by atoms with van der Waals surface area (Å²) in [7, 11) is 0. The Balaban J connectivity index is 2.83. The molecule has 1 aromatic rings. The first-order valence-corrected chi connectivity index (χ1v) is 4.21. The van der Waals surface area contributed by atoms with Crippen LogP contribution >= 0.6 is 0 Å². The minimum Gasteiger partial charge on any atom is -0.374 e. The molecule has 0 N–H and O–H groups in total. The standard InChI is InChI=1S/C10H10F2O2/c1-2-14-6-10(13)8-5-7(11)3-4-9(8)12/h3-5H,2,6H2,1H3. The maximum atomic E-state index is 13.0. The highest BCUT2D eigenvalue weighted by atomic mass is 19.1. The molecular formula is C10H10F2O2. The summed E-state index contributed by atoms with van der Waals surface area (Å²) in [6.45, 7) is 1.86. The third kappa shape index (κ3) is 2.60. The molecule has 0 spiro atoms. The number of carbonyl (C=O) groups is 1. The number of rotatable bonds is 4. The van der Waals surface area contributed by atoms with Gasteiger partial charge in [-0.05, 0) is 25.1 Å². The van der Waals surface area contributed by atoms with Gasteiger partial charge in [0.15, 0.2) is 5.78 Å². The minimum atomic E-state index is -0.726. The van der Waals surface area contributed by atoms with E-state index in [1.165, 1.54) is 0 Å². The van der Waals surface area contributed by atoms with Crippen LogP contribution in [0.15, 0.2) is 18.2 Å². The second-order valence-electron chi connectivity index (χ2n) is 2.68. The lowest BCUT2D eigenvalue weighted by atomic mass is 10.1. The van der Waals surface area contributed by atoms with Gasteiger partial charge >= 0.3 is 0 Å². The van der Waals surface area contributed by atoms with Crippen molar-refractivity contribution in [3.05, 3.63) is 35.4 Å². The lowest BCUT2D eigenvalue weighted by Crippen LogP contribution is -2.11. The fourth-order valence-electron chi connectivity index (χ4n) is 0.984. The molecule has 0 unspecified atom stereocenters. The summed E-state index contributed by atoms with van der Waals surface area (Å²) < 4.78 is 30.5. The van der Waals surface area contributed by atoms with E-state index in [1.54, 1.807) is 6.92 Å². The lowest BCUT2D eigenvalue weighted by Gasteiger charge is -2.02. The number of ketones is 1. The molecule has 0 fully saturated rings. The predicted octanol–water partition coefficient (Wildman–Crippen LogP) is 2.18. The van der Waals surface area contributed by atoms with Crippen LogP contribution in [0.4, 0.5) is 8.78 Å². The molecular weight excluding hydrogens is 190 g/mol. The number of Topliss-reactive ketones (excluding diaryl/α,β-unsaturated/α-hetero) is 1. The van der Waals surface area contributed by atoms with Crippen LogP contribution in [0.5, 0.6) is 0 Å². The summed E-state index contributed by atoms with van der Waals surface area (Å²) in [5.41, 5.74) is -0.265. The monoisotopic (exact) mass is 200 g/mol. The number of carbonyl (C=O) groups excluding carboxylic acids is 1.